The molecule has 1 rings (SSSR count). The van der Waals surface area contributed by atoms with E-state index in [4.69, 9.17) is 5.11 Å². The van der Waals surface area contributed by atoms with Gasteiger partial charge in [0.1, 0.15) is 0 Å². The molecule has 0 aliphatic heterocycles. The van der Waals surface area contributed by atoms with Gasteiger partial charge in [-0.25, -0.2) is 0 Å². The highest BCUT2D eigenvalue weighted by atomic mass is 16.4. The van der Waals surface area contributed by atoms with E-state index in [1.807, 2.05) is 31.2 Å². The molecular formula is C15H21NO3. The van der Waals surface area contributed by atoms with Crippen LogP contribution in [0.1, 0.15) is 38.7 Å². The lowest BCUT2D eigenvalue weighted by Gasteiger charge is -2.11. The van der Waals surface area contributed by atoms with Crippen LogP contribution in [0.2, 0.25) is 0 Å². The summed E-state index contributed by atoms with van der Waals surface area (Å²) in [5.41, 5.74) is 1.72. The summed E-state index contributed by atoms with van der Waals surface area (Å²) >= 11 is 0. The second kappa shape index (κ2) is 7.56. The lowest BCUT2D eigenvalue weighted by Crippen LogP contribution is -2.20. The highest BCUT2D eigenvalue weighted by molar-refractivity contribution is 5.92. The first kappa shape index (κ1) is 15.2. The van der Waals surface area contributed by atoms with Crippen molar-refractivity contribution in [1.82, 2.24) is 0 Å². The molecule has 1 aromatic carbocycles. The summed E-state index contributed by atoms with van der Waals surface area (Å²) in [7, 11) is 0. The standard InChI is InChI=1S/C15H21NO3/c1-3-4-11(2)15(19)16-13-8-5-12(6-9-13)7-10-14(17)18/h5-6,8-9,11H,3-4,7,10H2,1-2H3,(H,16,19)(H,17,18). The van der Waals surface area contributed by atoms with Crippen molar-refractivity contribution in [2.45, 2.75) is 39.5 Å². The summed E-state index contributed by atoms with van der Waals surface area (Å²) in [6.07, 6.45) is 2.50. The maximum absolute atomic E-state index is 11.8. The first-order chi connectivity index (χ1) is 9.02. The summed E-state index contributed by atoms with van der Waals surface area (Å²) in [6.45, 7) is 3.97. The molecule has 0 fully saturated rings. The molecular weight excluding hydrogens is 242 g/mol. The van der Waals surface area contributed by atoms with Gasteiger partial charge in [0.25, 0.3) is 0 Å². The Labute approximate surface area is 113 Å². The smallest absolute Gasteiger partial charge is 0.303 e. The number of anilines is 1. The molecule has 1 amide bonds. The second-order valence-corrected chi connectivity index (χ2v) is 4.77. The SMILES string of the molecule is CCCC(C)C(=O)Nc1ccc(CCC(=O)O)cc1. The quantitative estimate of drug-likeness (QED) is 0.794. The van der Waals surface area contributed by atoms with Gasteiger partial charge in [0.05, 0.1) is 0 Å². The summed E-state index contributed by atoms with van der Waals surface area (Å²) in [4.78, 5) is 22.3. The zero-order valence-electron chi connectivity index (χ0n) is 11.5. The topological polar surface area (TPSA) is 66.4 Å². The molecule has 0 saturated carbocycles. The predicted molar refractivity (Wildman–Crippen MR) is 75.1 cm³/mol. The van der Waals surface area contributed by atoms with Crippen LogP contribution in [0.4, 0.5) is 5.69 Å². The zero-order valence-corrected chi connectivity index (χ0v) is 11.5. The molecule has 0 bridgehead atoms. The summed E-state index contributed by atoms with van der Waals surface area (Å²) < 4.78 is 0. The number of benzene rings is 1. The molecule has 1 aromatic rings. The Morgan fingerprint density at radius 3 is 2.42 bits per heavy atom. The van der Waals surface area contributed by atoms with Gasteiger partial charge in [-0.3, -0.25) is 9.59 Å². The van der Waals surface area contributed by atoms with Crippen LogP contribution >= 0.6 is 0 Å². The number of aliphatic carboxylic acids is 1. The normalized spacial score (nSPS) is 11.9. The minimum Gasteiger partial charge on any atom is -0.481 e. The van der Waals surface area contributed by atoms with Crippen molar-refractivity contribution in [2.24, 2.45) is 5.92 Å². The number of aryl methyl sites for hydroxylation is 1. The molecule has 0 heterocycles. The Bertz CT molecular complexity index is 426. The molecule has 4 heteroatoms. The molecule has 2 N–H and O–H groups in total. The molecule has 0 aromatic heterocycles. The van der Waals surface area contributed by atoms with E-state index in [0.717, 1.165) is 24.1 Å². The van der Waals surface area contributed by atoms with E-state index in [0.29, 0.717) is 6.42 Å². The van der Waals surface area contributed by atoms with Crippen LogP contribution in [0.3, 0.4) is 0 Å². The van der Waals surface area contributed by atoms with Gasteiger partial charge in [-0.15, -0.1) is 0 Å². The average molecular weight is 263 g/mol. The molecule has 1 unspecified atom stereocenters. The molecule has 0 aliphatic rings. The van der Waals surface area contributed by atoms with Crippen LogP contribution in [-0.4, -0.2) is 17.0 Å². The first-order valence-electron chi connectivity index (χ1n) is 6.64. The second-order valence-electron chi connectivity index (χ2n) is 4.77. The van der Waals surface area contributed by atoms with E-state index in [-0.39, 0.29) is 18.2 Å². The van der Waals surface area contributed by atoms with E-state index in [9.17, 15) is 9.59 Å². The Kier molecular flexibility index (Phi) is 6.06. The van der Waals surface area contributed by atoms with E-state index in [1.54, 1.807) is 0 Å². The number of hydrogen-bond donors (Lipinski definition) is 2. The summed E-state index contributed by atoms with van der Waals surface area (Å²) in [5, 5.41) is 11.5. The molecule has 0 radical (unpaired) electrons. The predicted octanol–water partition coefficient (Wildman–Crippen LogP) is 3.08. The van der Waals surface area contributed by atoms with Gasteiger partial charge >= 0.3 is 5.97 Å². The summed E-state index contributed by atoms with van der Waals surface area (Å²) in [6, 6.07) is 7.33. The van der Waals surface area contributed by atoms with Crippen molar-refractivity contribution in [3.63, 3.8) is 0 Å². The van der Waals surface area contributed by atoms with Gasteiger partial charge in [0.2, 0.25) is 5.91 Å². The minimum absolute atomic E-state index is 0.0108. The van der Waals surface area contributed by atoms with Crippen LogP contribution in [0, 0.1) is 5.92 Å². The Morgan fingerprint density at radius 1 is 1.26 bits per heavy atom. The van der Waals surface area contributed by atoms with Gasteiger partial charge in [-0.05, 0) is 30.5 Å². The lowest BCUT2D eigenvalue weighted by atomic mass is 10.1. The van der Waals surface area contributed by atoms with Gasteiger partial charge in [-0.2, -0.15) is 0 Å². The molecule has 0 aliphatic carbocycles. The minimum atomic E-state index is -0.800. The Balaban J connectivity index is 2.52. The fraction of sp³-hybridized carbons (Fsp3) is 0.467. The highest BCUT2D eigenvalue weighted by Gasteiger charge is 2.11. The summed E-state index contributed by atoms with van der Waals surface area (Å²) in [5.74, 6) is -0.761. The van der Waals surface area contributed by atoms with Gasteiger partial charge in [-0.1, -0.05) is 32.4 Å². The molecule has 0 spiro atoms. The number of hydrogen-bond acceptors (Lipinski definition) is 2. The van der Waals surface area contributed by atoms with Crippen molar-refractivity contribution in [2.75, 3.05) is 5.32 Å². The van der Waals surface area contributed by atoms with E-state index in [2.05, 4.69) is 12.2 Å². The van der Waals surface area contributed by atoms with Crippen molar-refractivity contribution in [3.05, 3.63) is 29.8 Å². The number of rotatable bonds is 7. The third kappa shape index (κ3) is 5.55. The van der Waals surface area contributed by atoms with Crippen molar-refractivity contribution in [3.8, 4) is 0 Å². The molecule has 19 heavy (non-hydrogen) atoms. The van der Waals surface area contributed by atoms with Gasteiger partial charge in [0.15, 0.2) is 0 Å². The van der Waals surface area contributed by atoms with Crippen LogP contribution in [0.5, 0.6) is 0 Å². The first-order valence-corrected chi connectivity index (χ1v) is 6.64. The number of nitrogens with one attached hydrogen (secondary N) is 1. The molecule has 0 saturated heterocycles. The zero-order chi connectivity index (χ0) is 14.3. The fourth-order valence-corrected chi connectivity index (χ4v) is 1.84. The number of carboxylic acid groups (broad SMARTS) is 1. The van der Waals surface area contributed by atoms with Crippen LogP contribution in [-0.2, 0) is 16.0 Å². The van der Waals surface area contributed by atoms with Crippen molar-refractivity contribution >= 4 is 17.6 Å². The van der Waals surface area contributed by atoms with Crippen LogP contribution in [0.15, 0.2) is 24.3 Å². The van der Waals surface area contributed by atoms with Crippen LogP contribution in [0.25, 0.3) is 0 Å². The maximum atomic E-state index is 11.8. The Morgan fingerprint density at radius 2 is 1.89 bits per heavy atom. The molecule has 1 atom stereocenters. The van der Waals surface area contributed by atoms with Crippen LogP contribution < -0.4 is 5.32 Å². The Hall–Kier alpha value is -1.84. The van der Waals surface area contributed by atoms with Crippen molar-refractivity contribution in [1.29, 1.82) is 0 Å². The fourth-order valence-electron chi connectivity index (χ4n) is 1.84. The highest BCUT2D eigenvalue weighted by Crippen LogP contribution is 2.14. The molecule has 104 valence electrons. The van der Waals surface area contributed by atoms with Gasteiger partial charge < -0.3 is 10.4 Å². The monoisotopic (exact) mass is 263 g/mol. The third-order valence-electron chi connectivity index (χ3n) is 3.02. The van der Waals surface area contributed by atoms with E-state index >= 15 is 0 Å². The van der Waals surface area contributed by atoms with Gasteiger partial charge in [0, 0.05) is 18.0 Å². The lowest BCUT2D eigenvalue weighted by molar-refractivity contribution is -0.137. The van der Waals surface area contributed by atoms with E-state index in [1.165, 1.54) is 0 Å². The van der Waals surface area contributed by atoms with Crippen molar-refractivity contribution < 1.29 is 14.7 Å². The maximum Gasteiger partial charge on any atom is 0.303 e. The molecule has 4 nitrogen and oxygen atoms in total. The number of carbonyl (C=O) groups is 2. The third-order valence-corrected chi connectivity index (χ3v) is 3.02. The average Bonchev–Trinajstić information content (AvgIpc) is 2.38. The number of carbonyl (C=O) groups excluding carboxylic acids is 1. The number of amides is 1. The number of carboxylic acids is 1. The van der Waals surface area contributed by atoms with E-state index < -0.39 is 5.97 Å². The largest absolute Gasteiger partial charge is 0.481 e.